The maximum absolute atomic E-state index is 12.3. The van der Waals surface area contributed by atoms with Crippen LogP contribution in [0, 0.1) is 10.8 Å². The van der Waals surface area contributed by atoms with E-state index in [0.29, 0.717) is 12.8 Å². The van der Waals surface area contributed by atoms with E-state index >= 15 is 0 Å². The number of hydrogen-bond acceptors (Lipinski definition) is 5. The molecule has 1 aromatic carbocycles. The zero-order valence-corrected chi connectivity index (χ0v) is 13.0. The SMILES string of the molecule is COC(=O)C12CC(C(=O)OC)(C1)C2c1ccc2cnccc2c1. The Morgan fingerprint density at radius 1 is 1.04 bits per heavy atom. The van der Waals surface area contributed by atoms with Gasteiger partial charge in [-0.05, 0) is 29.9 Å². The molecule has 3 aliphatic carbocycles. The molecule has 5 rings (SSSR count). The van der Waals surface area contributed by atoms with E-state index in [1.807, 2.05) is 24.3 Å². The van der Waals surface area contributed by atoms with Gasteiger partial charge in [0.25, 0.3) is 0 Å². The molecule has 0 saturated heterocycles. The number of aromatic nitrogens is 1. The lowest BCUT2D eigenvalue weighted by Crippen LogP contribution is -2.74. The van der Waals surface area contributed by atoms with Crippen LogP contribution in [0.4, 0.5) is 0 Å². The summed E-state index contributed by atoms with van der Waals surface area (Å²) in [6.45, 7) is 0. The Morgan fingerprint density at radius 2 is 1.70 bits per heavy atom. The van der Waals surface area contributed by atoms with E-state index in [9.17, 15) is 9.59 Å². The quantitative estimate of drug-likeness (QED) is 0.815. The summed E-state index contributed by atoms with van der Waals surface area (Å²) in [7, 11) is 2.80. The van der Waals surface area contributed by atoms with E-state index in [4.69, 9.17) is 9.47 Å². The van der Waals surface area contributed by atoms with Crippen molar-refractivity contribution < 1.29 is 19.1 Å². The first kappa shape index (κ1) is 14.2. The molecule has 5 heteroatoms. The minimum atomic E-state index is -0.580. The Bertz CT molecular complexity index is 795. The summed E-state index contributed by atoms with van der Waals surface area (Å²) in [5, 5.41) is 2.08. The lowest BCUT2D eigenvalue weighted by molar-refractivity contribution is -0.249. The van der Waals surface area contributed by atoms with Crippen LogP contribution in [0.2, 0.25) is 0 Å². The number of hydrogen-bond donors (Lipinski definition) is 0. The van der Waals surface area contributed by atoms with Crippen LogP contribution in [0.3, 0.4) is 0 Å². The van der Waals surface area contributed by atoms with Crippen molar-refractivity contribution in [2.24, 2.45) is 10.8 Å². The van der Waals surface area contributed by atoms with Gasteiger partial charge in [0.05, 0.1) is 25.0 Å². The molecule has 0 spiro atoms. The molecule has 1 heterocycles. The molecule has 0 atom stereocenters. The minimum absolute atomic E-state index is 0.174. The Balaban J connectivity index is 1.79. The van der Waals surface area contributed by atoms with E-state index in [-0.39, 0.29) is 17.9 Å². The average Bonchev–Trinajstić information content (AvgIpc) is 2.52. The summed E-state index contributed by atoms with van der Waals surface area (Å²) in [6, 6.07) is 7.92. The van der Waals surface area contributed by atoms with Gasteiger partial charge in [-0.25, -0.2) is 0 Å². The van der Waals surface area contributed by atoms with Gasteiger partial charge in [0.15, 0.2) is 0 Å². The van der Waals surface area contributed by atoms with E-state index in [1.165, 1.54) is 14.2 Å². The molecule has 3 aliphatic rings. The maximum atomic E-state index is 12.3. The minimum Gasteiger partial charge on any atom is -0.469 e. The fourth-order valence-electron chi connectivity index (χ4n) is 4.60. The summed E-state index contributed by atoms with van der Waals surface area (Å²) >= 11 is 0. The third kappa shape index (κ3) is 1.59. The van der Waals surface area contributed by atoms with Gasteiger partial charge in [0.1, 0.15) is 0 Å². The first-order chi connectivity index (χ1) is 11.1. The summed E-state index contributed by atoms with van der Waals surface area (Å²) in [6.07, 6.45) is 4.56. The van der Waals surface area contributed by atoms with E-state index in [2.05, 4.69) is 4.98 Å². The molecule has 118 valence electrons. The van der Waals surface area contributed by atoms with Crippen molar-refractivity contribution in [1.29, 1.82) is 0 Å². The van der Waals surface area contributed by atoms with Gasteiger partial charge in [-0.1, -0.05) is 18.2 Å². The summed E-state index contributed by atoms with van der Waals surface area (Å²) in [5.74, 6) is -0.640. The molecule has 5 nitrogen and oxygen atoms in total. The third-order valence-corrected chi connectivity index (χ3v) is 5.55. The van der Waals surface area contributed by atoms with Gasteiger partial charge >= 0.3 is 11.9 Å². The molecule has 0 unspecified atom stereocenters. The van der Waals surface area contributed by atoms with Gasteiger partial charge < -0.3 is 9.47 Å². The van der Waals surface area contributed by atoms with Gasteiger partial charge in [-0.15, -0.1) is 0 Å². The number of carbonyl (C=O) groups is 2. The number of fused-ring (bicyclic) bond motifs is 1. The van der Waals surface area contributed by atoms with Crippen molar-refractivity contribution in [3.05, 3.63) is 42.2 Å². The topological polar surface area (TPSA) is 65.5 Å². The highest BCUT2D eigenvalue weighted by Gasteiger charge is 2.83. The van der Waals surface area contributed by atoms with Crippen molar-refractivity contribution >= 4 is 22.7 Å². The van der Waals surface area contributed by atoms with Crippen molar-refractivity contribution in [2.45, 2.75) is 18.8 Å². The first-order valence-electron chi connectivity index (χ1n) is 7.58. The number of esters is 2. The lowest BCUT2D eigenvalue weighted by atomic mass is 9.28. The monoisotopic (exact) mass is 311 g/mol. The van der Waals surface area contributed by atoms with E-state index < -0.39 is 10.8 Å². The molecule has 23 heavy (non-hydrogen) atoms. The first-order valence-corrected chi connectivity index (χ1v) is 7.58. The predicted molar refractivity (Wildman–Crippen MR) is 82.6 cm³/mol. The maximum Gasteiger partial charge on any atom is 0.312 e. The van der Waals surface area contributed by atoms with Crippen molar-refractivity contribution in [3.8, 4) is 0 Å². The van der Waals surface area contributed by atoms with Crippen LogP contribution < -0.4 is 0 Å². The smallest absolute Gasteiger partial charge is 0.312 e. The second-order valence-electron chi connectivity index (χ2n) is 6.56. The highest BCUT2D eigenvalue weighted by molar-refractivity contribution is 5.94. The van der Waals surface area contributed by atoms with Gasteiger partial charge in [-0.3, -0.25) is 14.6 Å². The summed E-state index contributed by atoms with van der Waals surface area (Å²) in [5.41, 5.74) is -0.176. The van der Waals surface area contributed by atoms with Crippen LogP contribution in [0.1, 0.15) is 24.3 Å². The summed E-state index contributed by atoms with van der Waals surface area (Å²) in [4.78, 5) is 28.6. The normalized spacial score (nSPS) is 31.0. The van der Waals surface area contributed by atoms with Crippen molar-refractivity contribution in [2.75, 3.05) is 14.2 Å². The van der Waals surface area contributed by atoms with Crippen LogP contribution in [0.5, 0.6) is 0 Å². The second-order valence-corrected chi connectivity index (χ2v) is 6.56. The van der Waals surface area contributed by atoms with Gasteiger partial charge in [0, 0.05) is 23.7 Å². The molecule has 0 amide bonds. The number of ether oxygens (including phenoxy) is 2. The van der Waals surface area contributed by atoms with Crippen LogP contribution in [-0.4, -0.2) is 31.1 Å². The Kier molecular flexibility index (Phi) is 2.80. The standard InChI is InChI=1S/C18H17NO4/c1-22-15(20)17-9-18(10-17,16(21)23-2)14(17)12-3-4-13-8-19-6-5-11(13)7-12/h3-8,14H,9-10H2,1-2H3. The van der Waals surface area contributed by atoms with Crippen LogP contribution >= 0.6 is 0 Å². The highest BCUT2D eigenvalue weighted by Crippen LogP contribution is 2.81. The number of rotatable bonds is 3. The largest absolute Gasteiger partial charge is 0.469 e. The second kappa shape index (κ2) is 4.54. The molecule has 0 radical (unpaired) electrons. The molecule has 1 aromatic heterocycles. The number of carbonyl (C=O) groups excluding carboxylic acids is 2. The van der Waals surface area contributed by atoms with Crippen LogP contribution in [0.25, 0.3) is 10.8 Å². The van der Waals surface area contributed by atoms with Crippen molar-refractivity contribution in [1.82, 2.24) is 4.98 Å². The molecule has 2 bridgehead atoms. The Morgan fingerprint density at radius 3 is 2.30 bits per heavy atom. The summed E-state index contributed by atoms with van der Waals surface area (Å²) < 4.78 is 9.98. The molecule has 0 aliphatic heterocycles. The molecular formula is C18H17NO4. The van der Waals surface area contributed by atoms with E-state index in [0.717, 1.165) is 16.3 Å². The third-order valence-electron chi connectivity index (χ3n) is 5.55. The van der Waals surface area contributed by atoms with Gasteiger partial charge in [0.2, 0.25) is 0 Å². The fraction of sp³-hybridized carbons (Fsp3) is 0.389. The average molecular weight is 311 g/mol. The van der Waals surface area contributed by atoms with Crippen LogP contribution in [-0.2, 0) is 19.1 Å². The molecular weight excluding hydrogens is 294 g/mol. The molecule has 0 N–H and O–H groups in total. The number of nitrogens with zero attached hydrogens (tertiary/aromatic N) is 1. The van der Waals surface area contributed by atoms with E-state index in [1.54, 1.807) is 12.4 Å². The zero-order chi connectivity index (χ0) is 16.2. The zero-order valence-electron chi connectivity index (χ0n) is 13.0. The Labute approximate surface area is 133 Å². The molecule has 3 fully saturated rings. The van der Waals surface area contributed by atoms with Crippen molar-refractivity contribution in [3.63, 3.8) is 0 Å². The fourth-order valence-corrected chi connectivity index (χ4v) is 4.60. The lowest BCUT2D eigenvalue weighted by Gasteiger charge is -2.72. The number of methoxy groups -OCH3 is 2. The highest BCUT2D eigenvalue weighted by atomic mass is 16.5. The molecule has 3 saturated carbocycles. The molecule has 2 aromatic rings. The van der Waals surface area contributed by atoms with Crippen LogP contribution in [0.15, 0.2) is 36.7 Å². The number of benzene rings is 1. The predicted octanol–water partition coefficient (Wildman–Crippen LogP) is 2.44. The Hall–Kier alpha value is -2.43. The number of pyridine rings is 1. The van der Waals surface area contributed by atoms with Gasteiger partial charge in [-0.2, -0.15) is 0 Å².